The fourth-order valence-corrected chi connectivity index (χ4v) is 3.72. The summed E-state index contributed by atoms with van der Waals surface area (Å²) in [6.45, 7) is 8.29. The highest BCUT2D eigenvalue weighted by atomic mass is 16.1. The Morgan fingerprint density at radius 1 is 0.783 bits per heavy atom. The van der Waals surface area contributed by atoms with E-state index >= 15 is 0 Å². The van der Waals surface area contributed by atoms with E-state index in [0.29, 0.717) is 5.78 Å². The standard InChI is InChI=1S/C21H25NO/c1-13-7-5-9-17(11-13)19-15(3)21(23)16(4)20(22-19)18-10-6-8-14(2)12-18/h5-12,15-16,19-20,22H,1-4H3/t15-,16-,19-,20+/m1/s1. The Balaban J connectivity index is 1.97. The van der Waals surface area contributed by atoms with Crippen LogP contribution in [0.3, 0.4) is 0 Å². The first kappa shape index (κ1) is 15.9. The zero-order valence-electron chi connectivity index (χ0n) is 14.3. The normalized spacial score (nSPS) is 27.9. The lowest BCUT2D eigenvalue weighted by atomic mass is 9.76. The lowest BCUT2D eigenvalue weighted by Crippen LogP contribution is -2.46. The molecule has 0 aliphatic carbocycles. The number of ketones is 1. The second kappa shape index (κ2) is 6.29. The predicted octanol–water partition coefficient (Wildman–Crippen LogP) is 4.53. The van der Waals surface area contributed by atoms with Gasteiger partial charge in [0.1, 0.15) is 5.78 Å². The smallest absolute Gasteiger partial charge is 0.142 e. The van der Waals surface area contributed by atoms with Crippen molar-refractivity contribution in [1.82, 2.24) is 5.32 Å². The molecule has 0 radical (unpaired) electrons. The summed E-state index contributed by atoms with van der Waals surface area (Å²) in [5.74, 6) is 0.336. The highest BCUT2D eigenvalue weighted by Gasteiger charge is 2.40. The molecule has 0 saturated carbocycles. The Labute approximate surface area is 138 Å². The van der Waals surface area contributed by atoms with Crippen LogP contribution in [0, 0.1) is 25.7 Å². The summed E-state index contributed by atoms with van der Waals surface area (Å²) in [4.78, 5) is 12.8. The first-order valence-corrected chi connectivity index (χ1v) is 8.40. The van der Waals surface area contributed by atoms with E-state index in [1.807, 2.05) is 13.8 Å². The van der Waals surface area contributed by atoms with E-state index < -0.39 is 0 Å². The van der Waals surface area contributed by atoms with E-state index in [-0.39, 0.29) is 23.9 Å². The van der Waals surface area contributed by atoms with Crippen LogP contribution in [0.5, 0.6) is 0 Å². The summed E-state index contributed by atoms with van der Waals surface area (Å²) in [7, 11) is 0. The Morgan fingerprint density at radius 3 is 1.61 bits per heavy atom. The number of aryl methyl sites for hydroxylation is 2. The molecule has 2 aromatic carbocycles. The van der Waals surface area contributed by atoms with Gasteiger partial charge in [0.05, 0.1) is 0 Å². The van der Waals surface area contributed by atoms with Gasteiger partial charge in [0.25, 0.3) is 0 Å². The molecule has 1 fully saturated rings. The van der Waals surface area contributed by atoms with Crippen LogP contribution in [0.25, 0.3) is 0 Å². The third-order valence-electron chi connectivity index (χ3n) is 5.06. The quantitative estimate of drug-likeness (QED) is 0.883. The Bertz CT molecular complexity index is 662. The maximum Gasteiger partial charge on any atom is 0.142 e. The van der Waals surface area contributed by atoms with Crippen LogP contribution in [-0.4, -0.2) is 5.78 Å². The van der Waals surface area contributed by atoms with Crippen LogP contribution in [0.4, 0.5) is 0 Å². The highest BCUT2D eigenvalue weighted by Crippen LogP contribution is 2.38. The van der Waals surface area contributed by atoms with E-state index in [1.54, 1.807) is 0 Å². The molecular formula is C21H25NO. The summed E-state index contributed by atoms with van der Waals surface area (Å²) < 4.78 is 0. The molecule has 4 atom stereocenters. The van der Waals surface area contributed by atoms with Crippen LogP contribution in [0.2, 0.25) is 0 Å². The molecule has 1 N–H and O–H groups in total. The fourth-order valence-electron chi connectivity index (χ4n) is 3.72. The van der Waals surface area contributed by atoms with Gasteiger partial charge in [-0.15, -0.1) is 0 Å². The van der Waals surface area contributed by atoms with Crippen LogP contribution in [0.15, 0.2) is 48.5 Å². The zero-order chi connectivity index (χ0) is 16.6. The number of carbonyl (C=O) groups excluding carboxylic acids is 1. The number of piperidine rings is 1. The summed E-state index contributed by atoms with van der Waals surface area (Å²) in [5, 5.41) is 3.75. The van der Waals surface area contributed by atoms with Crippen molar-refractivity contribution in [2.75, 3.05) is 0 Å². The van der Waals surface area contributed by atoms with E-state index in [9.17, 15) is 4.79 Å². The van der Waals surface area contributed by atoms with E-state index in [4.69, 9.17) is 0 Å². The average Bonchev–Trinajstić information content (AvgIpc) is 2.53. The lowest BCUT2D eigenvalue weighted by Gasteiger charge is -2.39. The van der Waals surface area contributed by atoms with Gasteiger partial charge in [0, 0.05) is 23.9 Å². The fraction of sp³-hybridized carbons (Fsp3) is 0.381. The van der Waals surface area contributed by atoms with Crippen LogP contribution in [-0.2, 0) is 4.79 Å². The SMILES string of the molecule is Cc1cccc([C@H]2N[C@@H](c3cccc(C)c3)[C@@H](C)C(=O)[C@@H]2C)c1. The van der Waals surface area contributed by atoms with Gasteiger partial charge in [-0.05, 0) is 25.0 Å². The minimum absolute atomic E-state index is 0.00661. The molecule has 0 spiro atoms. The molecule has 1 aliphatic rings. The maximum absolute atomic E-state index is 12.8. The summed E-state index contributed by atoms with van der Waals surface area (Å²) in [6.07, 6.45) is 0. The van der Waals surface area contributed by atoms with Crippen LogP contribution >= 0.6 is 0 Å². The third-order valence-corrected chi connectivity index (χ3v) is 5.06. The minimum atomic E-state index is -0.00661. The number of hydrogen-bond acceptors (Lipinski definition) is 2. The topological polar surface area (TPSA) is 29.1 Å². The van der Waals surface area contributed by atoms with Gasteiger partial charge in [-0.2, -0.15) is 0 Å². The third kappa shape index (κ3) is 3.09. The minimum Gasteiger partial charge on any atom is -0.302 e. The number of hydrogen-bond donors (Lipinski definition) is 1. The molecular weight excluding hydrogens is 282 g/mol. The average molecular weight is 307 g/mol. The highest BCUT2D eigenvalue weighted by molar-refractivity contribution is 5.85. The molecule has 0 amide bonds. The van der Waals surface area contributed by atoms with Gasteiger partial charge in [-0.3, -0.25) is 4.79 Å². The Morgan fingerprint density at radius 2 is 1.22 bits per heavy atom. The van der Waals surface area contributed by atoms with Crippen molar-refractivity contribution in [2.24, 2.45) is 11.8 Å². The van der Waals surface area contributed by atoms with Gasteiger partial charge in [0.15, 0.2) is 0 Å². The molecule has 1 aliphatic heterocycles. The summed E-state index contributed by atoms with van der Waals surface area (Å²) >= 11 is 0. The Hall–Kier alpha value is -1.93. The molecule has 120 valence electrons. The first-order chi connectivity index (χ1) is 11.0. The van der Waals surface area contributed by atoms with Crippen molar-refractivity contribution in [3.63, 3.8) is 0 Å². The predicted molar refractivity (Wildman–Crippen MR) is 94.3 cm³/mol. The van der Waals surface area contributed by atoms with Crippen LogP contribution < -0.4 is 5.32 Å². The number of Topliss-reactive ketones (excluding diaryl/α,β-unsaturated/α-hetero) is 1. The molecule has 2 nitrogen and oxygen atoms in total. The van der Waals surface area contributed by atoms with Crippen molar-refractivity contribution in [3.05, 3.63) is 70.8 Å². The van der Waals surface area contributed by atoms with E-state index in [1.165, 1.54) is 22.3 Å². The number of benzene rings is 2. The van der Waals surface area contributed by atoms with E-state index in [2.05, 4.69) is 67.7 Å². The lowest BCUT2D eigenvalue weighted by molar-refractivity contribution is -0.130. The summed E-state index contributed by atoms with van der Waals surface area (Å²) in [6, 6.07) is 17.1. The monoisotopic (exact) mass is 307 g/mol. The van der Waals surface area contributed by atoms with Gasteiger partial charge in [0.2, 0.25) is 0 Å². The molecule has 3 rings (SSSR count). The van der Waals surface area contributed by atoms with Crippen molar-refractivity contribution in [2.45, 2.75) is 39.8 Å². The van der Waals surface area contributed by atoms with Crippen molar-refractivity contribution >= 4 is 5.78 Å². The molecule has 23 heavy (non-hydrogen) atoms. The van der Waals surface area contributed by atoms with Crippen molar-refractivity contribution in [1.29, 1.82) is 0 Å². The molecule has 0 aromatic heterocycles. The second-order valence-electron chi connectivity index (χ2n) is 6.93. The maximum atomic E-state index is 12.8. The van der Waals surface area contributed by atoms with Gasteiger partial charge in [-0.1, -0.05) is 73.5 Å². The van der Waals surface area contributed by atoms with Gasteiger partial charge < -0.3 is 5.32 Å². The molecule has 2 aromatic rings. The number of carbonyl (C=O) groups is 1. The summed E-state index contributed by atoms with van der Waals surface area (Å²) in [5.41, 5.74) is 4.87. The van der Waals surface area contributed by atoms with Crippen LogP contribution in [0.1, 0.15) is 48.2 Å². The first-order valence-electron chi connectivity index (χ1n) is 8.40. The number of nitrogens with one attached hydrogen (secondary N) is 1. The van der Waals surface area contributed by atoms with Crippen molar-refractivity contribution < 1.29 is 4.79 Å². The number of rotatable bonds is 2. The van der Waals surface area contributed by atoms with Crippen molar-refractivity contribution in [3.8, 4) is 0 Å². The molecule has 0 bridgehead atoms. The van der Waals surface area contributed by atoms with Gasteiger partial charge >= 0.3 is 0 Å². The second-order valence-corrected chi connectivity index (χ2v) is 6.93. The molecule has 1 saturated heterocycles. The molecule has 1 heterocycles. The Kier molecular flexibility index (Phi) is 4.36. The largest absolute Gasteiger partial charge is 0.302 e. The van der Waals surface area contributed by atoms with Gasteiger partial charge in [-0.25, -0.2) is 0 Å². The molecule has 0 unspecified atom stereocenters. The molecule has 2 heteroatoms. The van der Waals surface area contributed by atoms with E-state index in [0.717, 1.165) is 0 Å². The zero-order valence-corrected chi connectivity index (χ0v) is 14.3.